The first-order valence-corrected chi connectivity index (χ1v) is 11.3. The molecule has 0 radical (unpaired) electrons. The van der Waals surface area contributed by atoms with Crippen LogP contribution in [0, 0.1) is 0 Å². The fourth-order valence-electron chi connectivity index (χ4n) is 3.74. The van der Waals surface area contributed by atoms with Crippen LogP contribution < -0.4 is 10.1 Å². The standard InChI is InChI=1S/C24H23N3O5S/c1-31-24(30)20-13-17(23-25-11-12-33-23)15-27(20)21(28)14-26-22(29)16-7-9-19(10-8-16)32-18-5-3-2-4-6-18/h2-12,17,20H,13-15H2,1H3,(H,26,29)/t17-,20+/m1/s1. The van der Waals surface area contributed by atoms with Crippen LogP contribution in [-0.4, -0.2) is 53.9 Å². The highest BCUT2D eigenvalue weighted by Crippen LogP contribution is 2.33. The van der Waals surface area contributed by atoms with E-state index in [0.717, 1.165) is 5.01 Å². The number of amides is 2. The zero-order valence-electron chi connectivity index (χ0n) is 18.0. The first-order valence-electron chi connectivity index (χ1n) is 10.4. The minimum atomic E-state index is -0.692. The molecule has 1 saturated heterocycles. The van der Waals surface area contributed by atoms with Crippen molar-refractivity contribution in [2.45, 2.75) is 18.4 Å². The summed E-state index contributed by atoms with van der Waals surface area (Å²) in [6, 6.07) is 15.3. The second kappa shape index (κ2) is 10.3. The van der Waals surface area contributed by atoms with E-state index in [2.05, 4.69) is 10.3 Å². The minimum Gasteiger partial charge on any atom is -0.467 e. The number of thiazole rings is 1. The topological polar surface area (TPSA) is 97.8 Å². The number of esters is 1. The Morgan fingerprint density at radius 2 is 1.82 bits per heavy atom. The first-order chi connectivity index (χ1) is 16.0. The SMILES string of the molecule is COC(=O)[C@@H]1C[C@@H](c2nccs2)CN1C(=O)CNC(=O)c1ccc(Oc2ccccc2)cc1. The van der Waals surface area contributed by atoms with E-state index in [0.29, 0.717) is 30.0 Å². The lowest BCUT2D eigenvalue weighted by atomic mass is 10.1. The van der Waals surface area contributed by atoms with Crippen molar-refractivity contribution in [2.75, 3.05) is 20.2 Å². The summed E-state index contributed by atoms with van der Waals surface area (Å²) in [5.41, 5.74) is 0.398. The van der Waals surface area contributed by atoms with E-state index in [-0.39, 0.29) is 24.3 Å². The summed E-state index contributed by atoms with van der Waals surface area (Å²) in [4.78, 5) is 43.4. The maximum Gasteiger partial charge on any atom is 0.328 e. The molecule has 0 saturated carbocycles. The zero-order chi connectivity index (χ0) is 23.2. The number of ether oxygens (including phenoxy) is 2. The van der Waals surface area contributed by atoms with E-state index in [4.69, 9.17) is 9.47 Å². The first kappa shape index (κ1) is 22.5. The van der Waals surface area contributed by atoms with E-state index in [9.17, 15) is 14.4 Å². The molecule has 2 heterocycles. The molecule has 1 aliphatic heterocycles. The predicted octanol–water partition coefficient (Wildman–Crippen LogP) is 3.22. The molecule has 33 heavy (non-hydrogen) atoms. The van der Waals surface area contributed by atoms with Gasteiger partial charge >= 0.3 is 5.97 Å². The lowest BCUT2D eigenvalue weighted by molar-refractivity contribution is -0.150. The summed E-state index contributed by atoms with van der Waals surface area (Å²) < 4.78 is 10.6. The van der Waals surface area contributed by atoms with Crippen molar-refractivity contribution in [3.8, 4) is 11.5 Å². The zero-order valence-corrected chi connectivity index (χ0v) is 18.8. The maximum absolute atomic E-state index is 12.9. The van der Waals surface area contributed by atoms with Gasteiger partial charge in [0.25, 0.3) is 5.91 Å². The van der Waals surface area contributed by atoms with Crippen molar-refractivity contribution in [3.63, 3.8) is 0 Å². The van der Waals surface area contributed by atoms with E-state index in [1.165, 1.54) is 23.3 Å². The number of para-hydroxylation sites is 1. The van der Waals surface area contributed by atoms with Gasteiger partial charge < -0.3 is 19.7 Å². The van der Waals surface area contributed by atoms with Crippen LogP contribution in [0.5, 0.6) is 11.5 Å². The Kier molecular flexibility index (Phi) is 6.99. The van der Waals surface area contributed by atoms with E-state index in [1.807, 2.05) is 35.7 Å². The fourth-order valence-corrected chi connectivity index (χ4v) is 4.49. The van der Waals surface area contributed by atoms with Crippen molar-refractivity contribution in [1.82, 2.24) is 15.2 Å². The molecule has 8 nitrogen and oxygen atoms in total. The van der Waals surface area contributed by atoms with Gasteiger partial charge in [0.05, 0.1) is 18.7 Å². The number of carbonyl (C=O) groups excluding carboxylic acids is 3. The molecule has 0 unspecified atom stereocenters. The Balaban J connectivity index is 1.35. The molecule has 4 rings (SSSR count). The minimum absolute atomic E-state index is 0.0362. The van der Waals surface area contributed by atoms with Crippen molar-refractivity contribution in [2.24, 2.45) is 0 Å². The normalized spacial score (nSPS) is 17.4. The number of nitrogens with zero attached hydrogens (tertiary/aromatic N) is 2. The summed E-state index contributed by atoms with van der Waals surface area (Å²) in [5.74, 6) is 0.0533. The van der Waals surface area contributed by atoms with Crippen LogP contribution in [0.1, 0.15) is 27.7 Å². The second-order valence-electron chi connectivity index (χ2n) is 7.51. The summed E-state index contributed by atoms with van der Waals surface area (Å²) in [6.45, 7) is 0.132. The highest BCUT2D eigenvalue weighted by atomic mass is 32.1. The molecule has 1 fully saturated rings. The van der Waals surface area contributed by atoms with Gasteiger partial charge in [-0.05, 0) is 42.8 Å². The van der Waals surface area contributed by atoms with Gasteiger partial charge in [-0.25, -0.2) is 9.78 Å². The lowest BCUT2D eigenvalue weighted by Crippen LogP contribution is -2.45. The molecular weight excluding hydrogens is 442 g/mol. The molecule has 1 aromatic heterocycles. The number of methoxy groups -OCH3 is 1. The molecule has 170 valence electrons. The van der Waals surface area contributed by atoms with E-state index >= 15 is 0 Å². The number of aromatic nitrogens is 1. The largest absolute Gasteiger partial charge is 0.467 e. The number of nitrogens with one attached hydrogen (secondary N) is 1. The smallest absolute Gasteiger partial charge is 0.328 e. The molecule has 1 N–H and O–H groups in total. The average Bonchev–Trinajstić information content (AvgIpc) is 3.53. The van der Waals surface area contributed by atoms with Crippen LogP contribution in [0.2, 0.25) is 0 Å². The number of carbonyl (C=O) groups is 3. The highest BCUT2D eigenvalue weighted by Gasteiger charge is 2.41. The van der Waals surface area contributed by atoms with Gasteiger partial charge in [-0.1, -0.05) is 18.2 Å². The quantitative estimate of drug-likeness (QED) is 0.538. The van der Waals surface area contributed by atoms with Gasteiger partial charge in [-0.15, -0.1) is 11.3 Å². The molecule has 2 amide bonds. The summed E-state index contributed by atoms with van der Waals surface area (Å²) in [6.07, 6.45) is 2.15. The van der Waals surface area contributed by atoms with Crippen molar-refractivity contribution < 1.29 is 23.9 Å². The van der Waals surface area contributed by atoms with Crippen LogP contribution in [-0.2, 0) is 14.3 Å². The molecule has 9 heteroatoms. The van der Waals surface area contributed by atoms with Gasteiger partial charge in [-0.2, -0.15) is 0 Å². The van der Waals surface area contributed by atoms with Gasteiger partial charge in [0.15, 0.2) is 0 Å². The lowest BCUT2D eigenvalue weighted by Gasteiger charge is -2.22. The Morgan fingerprint density at radius 1 is 1.09 bits per heavy atom. The number of hydrogen-bond acceptors (Lipinski definition) is 7. The van der Waals surface area contributed by atoms with Crippen LogP contribution in [0.15, 0.2) is 66.2 Å². The summed E-state index contributed by atoms with van der Waals surface area (Å²) in [5, 5.41) is 5.38. The van der Waals surface area contributed by atoms with Crippen molar-refractivity contribution in [1.29, 1.82) is 0 Å². The molecule has 2 aromatic carbocycles. The number of rotatable bonds is 7. The summed E-state index contributed by atoms with van der Waals surface area (Å²) in [7, 11) is 1.30. The monoisotopic (exact) mass is 465 g/mol. The van der Waals surface area contributed by atoms with E-state index < -0.39 is 12.0 Å². The Labute approximate surface area is 195 Å². The number of likely N-dealkylation sites (tertiary alicyclic amines) is 1. The van der Waals surface area contributed by atoms with Gasteiger partial charge in [0.2, 0.25) is 5.91 Å². The third-order valence-corrected chi connectivity index (χ3v) is 6.33. The molecule has 1 aliphatic rings. The Bertz CT molecular complexity index is 1100. The molecule has 0 bridgehead atoms. The van der Waals surface area contributed by atoms with Crippen LogP contribution in [0.25, 0.3) is 0 Å². The van der Waals surface area contributed by atoms with Gasteiger partial charge in [-0.3, -0.25) is 9.59 Å². The molecule has 3 aromatic rings. The number of hydrogen-bond donors (Lipinski definition) is 1. The molecular formula is C24H23N3O5S. The average molecular weight is 466 g/mol. The maximum atomic E-state index is 12.9. The third-order valence-electron chi connectivity index (χ3n) is 5.39. The van der Waals surface area contributed by atoms with Crippen molar-refractivity contribution >= 4 is 29.1 Å². The molecule has 0 spiro atoms. The molecule has 0 aliphatic carbocycles. The van der Waals surface area contributed by atoms with Crippen LogP contribution in [0.3, 0.4) is 0 Å². The second-order valence-corrected chi connectivity index (χ2v) is 8.44. The Hall–Kier alpha value is -3.72. The third kappa shape index (κ3) is 5.38. The highest BCUT2D eigenvalue weighted by molar-refractivity contribution is 7.09. The summed E-state index contributed by atoms with van der Waals surface area (Å²) >= 11 is 1.49. The van der Waals surface area contributed by atoms with Gasteiger partial charge in [0, 0.05) is 29.6 Å². The van der Waals surface area contributed by atoms with E-state index in [1.54, 1.807) is 30.5 Å². The number of benzene rings is 2. The predicted molar refractivity (Wildman–Crippen MR) is 122 cm³/mol. The van der Waals surface area contributed by atoms with Gasteiger partial charge in [0.1, 0.15) is 17.5 Å². The van der Waals surface area contributed by atoms with Crippen LogP contribution >= 0.6 is 11.3 Å². The van der Waals surface area contributed by atoms with Crippen LogP contribution in [0.4, 0.5) is 0 Å². The van der Waals surface area contributed by atoms with Crippen molar-refractivity contribution in [3.05, 3.63) is 76.7 Å². The Morgan fingerprint density at radius 3 is 2.48 bits per heavy atom. The molecule has 2 atom stereocenters. The fraction of sp³-hybridized carbons (Fsp3) is 0.250.